The molecule has 1 unspecified atom stereocenters. The van der Waals surface area contributed by atoms with E-state index in [1.54, 1.807) is 11.3 Å². The quantitative estimate of drug-likeness (QED) is 0.754. The van der Waals surface area contributed by atoms with Crippen molar-refractivity contribution in [1.29, 1.82) is 0 Å². The van der Waals surface area contributed by atoms with Crippen LogP contribution >= 0.6 is 11.3 Å². The molecule has 0 aliphatic rings. The molecule has 0 aromatic carbocycles. The van der Waals surface area contributed by atoms with E-state index >= 15 is 0 Å². The standard InChI is InChI=1S/C8H14N2S/c1-3-4-7-5-11-8(10-7)6(2)9/h5-6H,3-4,9H2,1-2H3. The highest BCUT2D eigenvalue weighted by Gasteiger charge is 2.04. The molecule has 1 heterocycles. The average molecular weight is 170 g/mol. The first-order valence-electron chi connectivity index (χ1n) is 3.94. The second kappa shape index (κ2) is 3.83. The second-order valence-corrected chi connectivity index (χ2v) is 3.61. The molecular weight excluding hydrogens is 156 g/mol. The van der Waals surface area contributed by atoms with Crippen molar-refractivity contribution in [3.05, 3.63) is 16.1 Å². The maximum absolute atomic E-state index is 5.67. The third-order valence-electron chi connectivity index (χ3n) is 1.47. The monoisotopic (exact) mass is 170 g/mol. The Kier molecular flexibility index (Phi) is 3.02. The Morgan fingerprint density at radius 3 is 2.91 bits per heavy atom. The van der Waals surface area contributed by atoms with Crippen LogP contribution < -0.4 is 5.73 Å². The van der Waals surface area contributed by atoms with E-state index in [-0.39, 0.29) is 6.04 Å². The first-order chi connectivity index (χ1) is 5.24. The van der Waals surface area contributed by atoms with Crippen molar-refractivity contribution in [1.82, 2.24) is 4.98 Å². The summed E-state index contributed by atoms with van der Waals surface area (Å²) in [6.45, 7) is 4.12. The number of rotatable bonds is 3. The molecule has 0 saturated heterocycles. The molecule has 1 rings (SSSR count). The SMILES string of the molecule is CCCc1csc(C(C)N)n1. The van der Waals surface area contributed by atoms with Crippen molar-refractivity contribution < 1.29 is 0 Å². The van der Waals surface area contributed by atoms with Crippen LogP contribution in [0, 0.1) is 0 Å². The lowest BCUT2D eigenvalue weighted by Crippen LogP contribution is -2.04. The van der Waals surface area contributed by atoms with E-state index in [1.165, 1.54) is 5.69 Å². The van der Waals surface area contributed by atoms with Gasteiger partial charge >= 0.3 is 0 Å². The van der Waals surface area contributed by atoms with Crippen LogP contribution in [-0.4, -0.2) is 4.98 Å². The van der Waals surface area contributed by atoms with E-state index in [2.05, 4.69) is 17.3 Å². The molecule has 0 spiro atoms. The lowest BCUT2D eigenvalue weighted by molar-refractivity contribution is 0.789. The van der Waals surface area contributed by atoms with E-state index in [0.717, 1.165) is 17.8 Å². The number of aromatic nitrogens is 1. The molecule has 0 radical (unpaired) electrons. The zero-order valence-electron chi connectivity index (χ0n) is 7.00. The van der Waals surface area contributed by atoms with Gasteiger partial charge in [0.25, 0.3) is 0 Å². The van der Waals surface area contributed by atoms with Gasteiger partial charge in [-0.1, -0.05) is 13.3 Å². The Hall–Kier alpha value is -0.410. The summed E-state index contributed by atoms with van der Waals surface area (Å²) in [4.78, 5) is 4.39. The fourth-order valence-corrected chi connectivity index (χ4v) is 1.71. The summed E-state index contributed by atoms with van der Waals surface area (Å²) in [5.74, 6) is 0. The molecule has 2 nitrogen and oxygen atoms in total. The number of hydrogen-bond acceptors (Lipinski definition) is 3. The van der Waals surface area contributed by atoms with Crippen LogP contribution in [0.5, 0.6) is 0 Å². The zero-order chi connectivity index (χ0) is 8.27. The topological polar surface area (TPSA) is 38.9 Å². The third kappa shape index (κ3) is 2.27. The average Bonchev–Trinajstić information content (AvgIpc) is 2.37. The fraction of sp³-hybridized carbons (Fsp3) is 0.625. The minimum absolute atomic E-state index is 0.0885. The highest BCUT2D eigenvalue weighted by Crippen LogP contribution is 2.16. The van der Waals surface area contributed by atoms with Gasteiger partial charge in [0.05, 0.1) is 11.7 Å². The summed E-state index contributed by atoms with van der Waals surface area (Å²) in [5.41, 5.74) is 6.86. The normalized spacial score (nSPS) is 13.4. The highest BCUT2D eigenvalue weighted by atomic mass is 32.1. The van der Waals surface area contributed by atoms with Crippen molar-refractivity contribution in [2.45, 2.75) is 32.7 Å². The van der Waals surface area contributed by atoms with Crippen LogP contribution in [-0.2, 0) is 6.42 Å². The highest BCUT2D eigenvalue weighted by molar-refractivity contribution is 7.09. The van der Waals surface area contributed by atoms with Crippen LogP contribution in [0.3, 0.4) is 0 Å². The Balaban J connectivity index is 2.66. The van der Waals surface area contributed by atoms with Crippen LogP contribution in [0.25, 0.3) is 0 Å². The van der Waals surface area contributed by atoms with E-state index < -0.39 is 0 Å². The van der Waals surface area contributed by atoms with E-state index in [4.69, 9.17) is 5.73 Å². The van der Waals surface area contributed by atoms with Crippen molar-refractivity contribution in [2.75, 3.05) is 0 Å². The Morgan fingerprint density at radius 2 is 2.45 bits per heavy atom. The molecule has 1 aromatic heterocycles. The molecule has 11 heavy (non-hydrogen) atoms. The second-order valence-electron chi connectivity index (χ2n) is 2.72. The molecule has 0 bridgehead atoms. The summed E-state index contributed by atoms with van der Waals surface area (Å²) in [6, 6.07) is 0.0885. The number of thiazole rings is 1. The van der Waals surface area contributed by atoms with Crippen LogP contribution in [0.15, 0.2) is 5.38 Å². The molecule has 0 fully saturated rings. The molecule has 3 heteroatoms. The largest absolute Gasteiger partial charge is 0.322 e. The van der Waals surface area contributed by atoms with Crippen molar-refractivity contribution in [3.63, 3.8) is 0 Å². The van der Waals surface area contributed by atoms with Gasteiger partial charge in [0, 0.05) is 5.38 Å². The van der Waals surface area contributed by atoms with Crippen LogP contribution in [0.1, 0.15) is 37.0 Å². The van der Waals surface area contributed by atoms with Crippen LogP contribution in [0.4, 0.5) is 0 Å². The fourth-order valence-electron chi connectivity index (χ4n) is 0.903. The molecule has 0 saturated carbocycles. The third-order valence-corrected chi connectivity index (χ3v) is 2.56. The molecule has 0 aliphatic heterocycles. The first-order valence-corrected chi connectivity index (χ1v) is 4.82. The molecule has 0 aliphatic carbocycles. The van der Waals surface area contributed by atoms with Gasteiger partial charge in [-0.25, -0.2) is 4.98 Å². The van der Waals surface area contributed by atoms with E-state index in [0.29, 0.717) is 0 Å². The smallest absolute Gasteiger partial charge is 0.109 e. The van der Waals surface area contributed by atoms with Gasteiger partial charge < -0.3 is 5.73 Å². The number of aryl methyl sites for hydroxylation is 1. The van der Waals surface area contributed by atoms with Gasteiger partial charge in [-0.15, -0.1) is 11.3 Å². The van der Waals surface area contributed by atoms with Crippen molar-refractivity contribution in [2.24, 2.45) is 5.73 Å². The lowest BCUT2D eigenvalue weighted by atomic mass is 10.3. The molecule has 0 amide bonds. The van der Waals surface area contributed by atoms with Gasteiger partial charge in [0.1, 0.15) is 5.01 Å². The van der Waals surface area contributed by atoms with Crippen LogP contribution in [0.2, 0.25) is 0 Å². The number of nitrogens with two attached hydrogens (primary N) is 1. The molecular formula is C8H14N2S. The first kappa shape index (κ1) is 8.68. The van der Waals surface area contributed by atoms with Gasteiger partial charge in [0.15, 0.2) is 0 Å². The predicted octanol–water partition coefficient (Wildman–Crippen LogP) is 2.12. The minimum Gasteiger partial charge on any atom is -0.322 e. The van der Waals surface area contributed by atoms with Crippen molar-refractivity contribution in [3.8, 4) is 0 Å². The summed E-state index contributed by atoms with van der Waals surface area (Å²) in [5, 5.41) is 3.15. The Morgan fingerprint density at radius 1 is 1.73 bits per heavy atom. The Labute approximate surface area is 71.5 Å². The maximum atomic E-state index is 5.67. The van der Waals surface area contributed by atoms with Gasteiger partial charge in [-0.05, 0) is 13.3 Å². The van der Waals surface area contributed by atoms with E-state index in [9.17, 15) is 0 Å². The lowest BCUT2D eigenvalue weighted by Gasteiger charge is -1.96. The minimum atomic E-state index is 0.0885. The predicted molar refractivity (Wildman–Crippen MR) is 48.7 cm³/mol. The summed E-state index contributed by atoms with van der Waals surface area (Å²) in [6.07, 6.45) is 2.23. The maximum Gasteiger partial charge on any atom is 0.109 e. The summed E-state index contributed by atoms with van der Waals surface area (Å²) >= 11 is 1.66. The van der Waals surface area contributed by atoms with Gasteiger partial charge in [0.2, 0.25) is 0 Å². The number of hydrogen-bond donors (Lipinski definition) is 1. The molecule has 1 atom stereocenters. The Bertz CT molecular complexity index is 218. The molecule has 62 valence electrons. The van der Waals surface area contributed by atoms with Crippen molar-refractivity contribution >= 4 is 11.3 Å². The summed E-state index contributed by atoms with van der Waals surface area (Å²) < 4.78 is 0. The van der Waals surface area contributed by atoms with Gasteiger partial charge in [-0.2, -0.15) is 0 Å². The summed E-state index contributed by atoms with van der Waals surface area (Å²) in [7, 11) is 0. The zero-order valence-corrected chi connectivity index (χ0v) is 7.82. The molecule has 2 N–H and O–H groups in total. The van der Waals surface area contributed by atoms with Gasteiger partial charge in [-0.3, -0.25) is 0 Å². The number of nitrogens with zero attached hydrogens (tertiary/aromatic N) is 1. The molecule has 1 aromatic rings. The van der Waals surface area contributed by atoms with E-state index in [1.807, 2.05) is 6.92 Å².